The van der Waals surface area contributed by atoms with Gasteiger partial charge in [-0.3, -0.25) is 14.5 Å². The van der Waals surface area contributed by atoms with Gasteiger partial charge in [0.15, 0.2) is 0 Å². The van der Waals surface area contributed by atoms with Gasteiger partial charge in [0.1, 0.15) is 5.75 Å². The quantitative estimate of drug-likeness (QED) is 0.282. The highest BCUT2D eigenvalue weighted by atomic mass is 35.5. The summed E-state index contributed by atoms with van der Waals surface area (Å²) >= 11 is 12.6. The molecule has 210 valence electrons. The molecule has 1 aromatic heterocycles. The number of carboxylic acids is 1. The number of pyridine rings is 1. The molecule has 0 radical (unpaired) electrons. The number of carbonyl (C=O) groups is 1. The van der Waals surface area contributed by atoms with E-state index < -0.39 is 11.4 Å². The number of anilines is 1. The van der Waals surface area contributed by atoms with E-state index in [0.29, 0.717) is 28.9 Å². The Bertz CT molecular complexity index is 1370. The van der Waals surface area contributed by atoms with E-state index in [2.05, 4.69) is 9.80 Å². The molecule has 0 bridgehead atoms. The highest BCUT2D eigenvalue weighted by Gasteiger charge is 2.34. The van der Waals surface area contributed by atoms with E-state index in [1.807, 2.05) is 43.3 Å². The van der Waals surface area contributed by atoms with Gasteiger partial charge in [-0.15, -0.1) is 0 Å². The molecule has 1 aliphatic heterocycles. The lowest BCUT2D eigenvalue weighted by molar-refractivity contribution is -0.150. The number of carboxylic acid groups (broad SMARTS) is 1. The van der Waals surface area contributed by atoms with Crippen LogP contribution < -0.4 is 15.2 Å². The molecule has 0 saturated carbocycles. The number of nitrogens with zero attached hydrogens (tertiary/aromatic N) is 3. The van der Waals surface area contributed by atoms with Crippen molar-refractivity contribution in [2.45, 2.75) is 40.2 Å². The third-order valence-electron chi connectivity index (χ3n) is 7.99. The molecular formula is C30H37Cl2N3O4. The zero-order valence-electron chi connectivity index (χ0n) is 22.8. The molecule has 3 aromatic rings. The van der Waals surface area contributed by atoms with E-state index in [1.165, 1.54) is 6.07 Å². The van der Waals surface area contributed by atoms with Gasteiger partial charge in [0.05, 0.1) is 33.3 Å². The number of fused-ring (bicyclic) bond motifs is 1. The summed E-state index contributed by atoms with van der Waals surface area (Å²) in [6.07, 6.45) is 1.95. The zero-order chi connectivity index (χ0) is 28.2. The second-order valence-corrected chi connectivity index (χ2v) is 11.7. The number of aromatic nitrogens is 1. The first kappa shape index (κ1) is 29.2. The molecule has 1 N–H and O–H groups in total. The van der Waals surface area contributed by atoms with Crippen LogP contribution in [0, 0.1) is 11.3 Å². The van der Waals surface area contributed by atoms with Crippen molar-refractivity contribution < 1.29 is 14.6 Å². The minimum absolute atomic E-state index is 0.148. The number of benzene rings is 2. The number of ether oxygens (including phenoxy) is 1. The minimum atomic E-state index is -0.954. The Kier molecular flexibility index (Phi) is 9.47. The third-order valence-corrected chi connectivity index (χ3v) is 8.79. The van der Waals surface area contributed by atoms with Crippen molar-refractivity contribution in [2.24, 2.45) is 11.3 Å². The second-order valence-electron chi connectivity index (χ2n) is 10.9. The Labute approximate surface area is 239 Å². The number of unbranched alkanes of at least 4 members (excludes halogenated alkanes) is 1. The number of hydrogen-bond donors (Lipinski definition) is 1. The van der Waals surface area contributed by atoms with E-state index in [0.717, 1.165) is 62.2 Å². The van der Waals surface area contributed by atoms with Crippen LogP contribution in [-0.2, 0) is 11.3 Å². The van der Waals surface area contributed by atoms with Crippen molar-refractivity contribution in [3.63, 3.8) is 0 Å². The van der Waals surface area contributed by atoms with Crippen LogP contribution in [0.25, 0.3) is 10.9 Å². The average molecular weight is 575 g/mol. The predicted molar refractivity (Wildman–Crippen MR) is 159 cm³/mol. The Morgan fingerprint density at radius 2 is 1.77 bits per heavy atom. The summed E-state index contributed by atoms with van der Waals surface area (Å²) in [5.74, 6) is -0.411. The van der Waals surface area contributed by atoms with Crippen LogP contribution in [0.4, 0.5) is 5.69 Å². The molecule has 2 aromatic carbocycles. The molecule has 1 unspecified atom stereocenters. The van der Waals surface area contributed by atoms with Gasteiger partial charge in [0.2, 0.25) is 0 Å². The average Bonchev–Trinajstić information content (AvgIpc) is 2.92. The van der Waals surface area contributed by atoms with Gasteiger partial charge in [0, 0.05) is 44.9 Å². The Morgan fingerprint density at radius 1 is 1.05 bits per heavy atom. The van der Waals surface area contributed by atoms with Crippen molar-refractivity contribution in [2.75, 3.05) is 44.2 Å². The molecule has 0 amide bonds. The Hall–Kier alpha value is -2.74. The van der Waals surface area contributed by atoms with Gasteiger partial charge in [-0.25, -0.2) is 0 Å². The van der Waals surface area contributed by atoms with Gasteiger partial charge in [-0.05, 0) is 74.9 Å². The smallest absolute Gasteiger partial charge is 0.309 e. The van der Waals surface area contributed by atoms with Crippen LogP contribution in [-0.4, -0.2) is 59.9 Å². The van der Waals surface area contributed by atoms with Crippen molar-refractivity contribution in [1.82, 2.24) is 9.47 Å². The lowest BCUT2D eigenvalue weighted by Crippen LogP contribution is -2.46. The standard InChI is InChI=1S/C30H37Cl2N3O4/c1-21(30(2,3)29(37)38)20-35-26-19-23(11-9-22(26)10-12-27(35)36)39-18-5-4-13-33-14-16-34(17-15-33)25-8-6-7-24(31)28(25)32/h6-12,19,21H,4-5,13-18,20H2,1-3H3,(H,37,38). The van der Waals surface area contributed by atoms with Crippen LogP contribution in [0.2, 0.25) is 10.0 Å². The first-order chi connectivity index (χ1) is 18.6. The van der Waals surface area contributed by atoms with Crippen LogP contribution in [0.15, 0.2) is 53.3 Å². The van der Waals surface area contributed by atoms with E-state index in [-0.39, 0.29) is 11.5 Å². The summed E-state index contributed by atoms with van der Waals surface area (Å²) in [6.45, 7) is 10.9. The third kappa shape index (κ3) is 6.89. The zero-order valence-corrected chi connectivity index (χ0v) is 24.3. The molecule has 1 aliphatic rings. The van der Waals surface area contributed by atoms with Gasteiger partial charge < -0.3 is 19.3 Å². The number of rotatable bonds is 11. The summed E-state index contributed by atoms with van der Waals surface area (Å²) in [6, 6.07) is 14.8. The van der Waals surface area contributed by atoms with Crippen molar-refractivity contribution >= 4 is 45.8 Å². The number of halogens is 2. The minimum Gasteiger partial charge on any atom is -0.494 e. The summed E-state index contributed by atoms with van der Waals surface area (Å²) in [5, 5.41) is 11.7. The Balaban J connectivity index is 1.28. The molecule has 0 spiro atoms. The van der Waals surface area contributed by atoms with Gasteiger partial charge >= 0.3 is 5.97 Å². The van der Waals surface area contributed by atoms with Crippen molar-refractivity contribution in [3.8, 4) is 5.75 Å². The van der Waals surface area contributed by atoms with Gasteiger partial charge in [-0.2, -0.15) is 0 Å². The highest BCUT2D eigenvalue weighted by molar-refractivity contribution is 6.43. The van der Waals surface area contributed by atoms with E-state index in [9.17, 15) is 14.7 Å². The van der Waals surface area contributed by atoms with E-state index in [4.69, 9.17) is 27.9 Å². The molecule has 1 fully saturated rings. The van der Waals surface area contributed by atoms with E-state index >= 15 is 0 Å². The molecule has 9 heteroatoms. The van der Waals surface area contributed by atoms with Gasteiger partial charge in [0.25, 0.3) is 5.56 Å². The summed E-state index contributed by atoms with van der Waals surface area (Å²) < 4.78 is 7.71. The first-order valence-corrected chi connectivity index (χ1v) is 14.2. The first-order valence-electron chi connectivity index (χ1n) is 13.5. The molecule has 0 aliphatic carbocycles. The normalized spacial score (nSPS) is 15.5. The largest absolute Gasteiger partial charge is 0.494 e. The Morgan fingerprint density at radius 3 is 2.49 bits per heavy atom. The molecule has 2 heterocycles. The van der Waals surface area contributed by atoms with Crippen LogP contribution >= 0.6 is 23.2 Å². The molecular weight excluding hydrogens is 537 g/mol. The van der Waals surface area contributed by atoms with Crippen molar-refractivity contribution in [3.05, 3.63) is 68.9 Å². The monoisotopic (exact) mass is 573 g/mol. The van der Waals surface area contributed by atoms with E-state index in [1.54, 1.807) is 24.5 Å². The van der Waals surface area contributed by atoms with Gasteiger partial charge in [-0.1, -0.05) is 36.2 Å². The highest BCUT2D eigenvalue weighted by Crippen LogP contribution is 2.33. The maximum atomic E-state index is 12.7. The summed E-state index contributed by atoms with van der Waals surface area (Å²) in [4.78, 5) is 29.2. The fourth-order valence-corrected chi connectivity index (χ4v) is 5.25. The molecule has 7 nitrogen and oxygen atoms in total. The fourth-order valence-electron chi connectivity index (χ4n) is 4.84. The number of hydrogen-bond acceptors (Lipinski definition) is 5. The fraction of sp³-hybridized carbons (Fsp3) is 0.467. The SMILES string of the molecule is CC(Cn1c(=O)ccc2ccc(OCCCCN3CCN(c4cccc(Cl)c4Cl)CC3)cc21)C(C)(C)C(=O)O. The predicted octanol–water partition coefficient (Wildman–Crippen LogP) is 6.04. The van der Waals surface area contributed by atoms with Crippen LogP contribution in [0.5, 0.6) is 5.75 Å². The van der Waals surface area contributed by atoms with Crippen LogP contribution in [0.3, 0.4) is 0 Å². The maximum absolute atomic E-state index is 12.7. The second kappa shape index (κ2) is 12.6. The topological polar surface area (TPSA) is 75.0 Å². The van der Waals surface area contributed by atoms with Crippen LogP contribution in [0.1, 0.15) is 33.6 Å². The molecule has 1 atom stereocenters. The maximum Gasteiger partial charge on any atom is 0.309 e. The summed E-state index contributed by atoms with van der Waals surface area (Å²) in [7, 11) is 0. The lowest BCUT2D eigenvalue weighted by Gasteiger charge is -2.36. The molecule has 1 saturated heterocycles. The molecule has 39 heavy (non-hydrogen) atoms. The summed E-state index contributed by atoms with van der Waals surface area (Å²) in [5.41, 5.74) is 0.652. The van der Waals surface area contributed by atoms with Crippen molar-refractivity contribution in [1.29, 1.82) is 0 Å². The number of piperazine rings is 1. The molecule has 4 rings (SSSR count). The number of aliphatic carboxylic acids is 1. The lowest BCUT2D eigenvalue weighted by atomic mass is 9.80.